The first-order valence-corrected chi connectivity index (χ1v) is 6.65. The third kappa shape index (κ3) is 2.15. The van der Waals surface area contributed by atoms with Gasteiger partial charge in [0.15, 0.2) is 5.82 Å². The summed E-state index contributed by atoms with van der Waals surface area (Å²) in [6.07, 6.45) is 0.754. The minimum absolute atomic E-state index is 0.228. The van der Waals surface area contributed by atoms with E-state index in [4.69, 9.17) is 11.5 Å². The number of hydrogen-bond acceptors (Lipinski definition) is 4. The lowest BCUT2D eigenvalue weighted by Gasteiger charge is -2.24. The molecule has 0 aliphatic carbocycles. The van der Waals surface area contributed by atoms with Crippen molar-refractivity contribution >= 4 is 17.4 Å². The molecule has 1 fully saturated rings. The summed E-state index contributed by atoms with van der Waals surface area (Å²) < 4.78 is 1.93. The molecule has 1 unspecified atom stereocenters. The number of carbonyl (C=O) groups excluding carboxylic acids is 1. The standard InChI is InChI=1S/C13H23N5O/c1-8(2)18-11(10(14)9(3)16-18)17-6-5-13(4,7-17)12(15)19/h8H,5-7,14H2,1-4H3,(H2,15,19). The van der Waals surface area contributed by atoms with Crippen molar-refractivity contribution in [3.63, 3.8) is 0 Å². The molecule has 0 spiro atoms. The molecule has 6 heteroatoms. The van der Waals surface area contributed by atoms with Gasteiger partial charge in [-0.2, -0.15) is 5.10 Å². The first-order valence-electron chi connectivity index (χ1n) is 6.65. The van der Waals surface area contributed by atoms with Gasteiger partial charge in [0.1, 0.15) is 0 Å². The largest absolute Gasteiger partial charge is 0.394 e. The quantitative estimate of drug-likeness (QED) is 0.855. The first-order chi connectivity index (χ1) is 8.76. The van der Waals surface area contributed by atoms with E-state index in [1.165, 1.54) is 0 Å². The average Bonchev–Trinajstić information content (AvgIpc) is 2.83. The Hall–Kier alpha value is -1.72. The van der Waals surface area contributed by atoms with Gasteiger partial charge in [-0.05, 0) is 34.1 Å². The van der Waals surface area contributed by atoms with E-state index in [2.05, 4.69) is 23.8 Å². The van der Waals surface area contributed by atoms with Crippen LogP contribution < -0.4 is 16.4 Å². The lowest BCUT2D eigenvalue weighted by Crippen LogP contribution is -2.37. The second kappa shape index (κ2) is 4.43. The predicted octanol–water partition coefficient (Wildman–Crippen LogP) is 1.06. The Morgan fingerprint density at radius 3 is 2.58 bits per heavy atom. The fourth-order valence-corrected chi connectivity index (χ4v) is 2.57. The van der Waals surface area contributed by atoms with Crippen LogP contribution in [0.3, 0.4) is 0 Å². The van der Waals surface area contributed by atoms with Crippen LogP contribution in [0.15, 0.2) is 0 Å². The van der Waals surface area contributed by atoms with E-state index in [1.807, 2.05) is 18.5 Å². The molecule has 2 rings (SSSR count). The number of nitrogen functional groups attached to an aromatic ring is 1. The Bertz CT molecular complexity index is 507. The van der Waals surface area contributed by atoms with Crippen molar-refractivity contribution in [1.82, 2.24) is 9.78 Å². The summed E-state index contributed by atoms with van der Waals surface area (Å²) in [6.45, 7) is 9.33. The topological polar surface area (TPSA) is 90.2 Å². The smallest absolute Gasteiger partial charge is 0.225 e. The van der Waals surface area contributed by atoms with Crippen LogP contribution in [-0.2, 0) is 4.79 Å². The maximum Gasteiger partial charge on any atom is 0.225 e. The summed E-state index contributed by atoms with van der Waals surface area (Å²) in [7, 11) is 0. The van der Waals surface area contributed by atoms with Gasteiger partial charge < -0.3 is 16.4 Å². The van der Waals surface area contributed by atoms with Crippen LogP contribution in [0.2, 0.25) is 0 Å². The number of nitrogens with two attached hydrogens (primary N) is 2. The summed E-state index contributed by atoms with van der Waals surface area (Å²) in [6, 6.07) is 0.228. The molecule has 106 valence electrons. The van der Waals surface area contributed by atoms with Crippen LogP contribution in [-0.4, -0.2) is 28.8 Å². The molecule has 1 aromatic heterocycles. The maximum atomic E-state index is 11.6. The van der Waals surface area contributed by atoms with Crippen molar-refractivity contribution in [3.8, 4) is 0 Å². The summed E-state index contributed by atoms with van der Waals surface area (Å²) >= 11 is 0. The van der Waals surface area contributed by atoms with Gasteiger partial charge in [-0.15, -0.1) is 0 Å². The molecular weight excluding hydrogens is 242 g/mol. The molecule has 0 aromatic carbocycles. The van der Waals surface area contributed by atoms with Gasteiger partial charge in [-0.25, -0.2) is 4.68 Å². The van der Waals surface area contributed by atoms with Crippen LogP contribution in [0.5, 0.6) is 0 Å². The van der Waals surface area contributed by atoms with Crippen molar-refractivity contribution < 1.29 is 4.79 Å². The monoisotopic (exact) mass is 265 g/mol. The zero-order valence-corrected chi connectivity index (χ0v) is 12.1. The van der Waals surface area contributed by atoms with Crippen molar-refractivity contribution in [3.05, 3.63) is 5.69 Å². The third-order valence-electron chi connectivity index (χ3n) is 3.96. The highest BCUT2D eigenvalue weighted by Crippen LogP contribution is 2.37. The molecule has 1 aliphatic heterocycles. The van der Waals surface area contributed by atoms with E-state index in [0.717, 1.165) is 24.5 Å². The number of aryl methyl sites for hydroxylation is 1. The molecule has 1 aliphatic rings. The van der Waals surface area contributed by atoms with Crippen molar-refractivity contribution in [1.29, 1.82) is 0 Å². The number of anilines is 2. The second-order valence-electron chi connectivity index (χ2n) is 5.96. The Balaban J connectivity index is 2.37. The highest BCUT2D eigenvalue weighted by atomic mass is 16.1. The number of rotatable bonds is 3. The van der Waals surface area contributed by atoms with Gasteiger partial charge in [0.2, 0.25) is 5.91 Å². The van der Waals surface area contributed by atoms with Crippen LogP contribution in [0, 0.1) is 12.3 Å². The Morgan fingerprint density at radius 1 is 1.47 bits per heavy atom. The van der Waals surface area contributed by atoms with Crippen molar-refractivity contribution in [2.75, 3.05) is 23.7 Å². The van der Waals surface area contributed by atoms with Crippen molar-refractivity contribution in [2.24, 2.45) is 11.1 Å². The van der Waals surface area contributed by atoms with Gasteiger partial charge in [-0.1, -0.05) is 0 Å². The zero-order chi connectivity index (χ0) is 14.4. The SMILES string of the molecule is Cc1nn(C(C)C)c(N2CCC(C)(C(N)=O)C2)c1N. The Morgan fingerprint density at radius 2 is 2.11 bits per heavy atom. The lowest BCUT2D eigenvalue weighted by atomic mass is 9.89. The van der Waals surface area contributed by atoms with Gasteiger partial charge >= 0.3 is 0 Å². The third-order valence-corrected chi connectivity index (χ3v) is 3.96. The minimum Gasteiger partial charge on any atom is -0.394 e. The number of hydrogen-bond donors (Lipinski definition) is 2. The molecule has 19 heavy (non-hydrogen) atoms. The predicted molar refractivity (Wildman–Crippen MR) is 75.9 cm³/mol. The first kappa shape index (κ1) is 13.7. The Kier molecular flexibility index (Phi) is 3.20. The number of amides is 1. The molecule has 2 heterocycles. The van der Waals surface area contributed by atoms with E-state index >= 15 is 0 Å². The molecule has 1 amide bonds. The fraction of sp³-hybridized carbons (Fsp3) is 0.692. The zero-order valence-electron chi connectivity index (χ0n) is 12.1. The average molecular weight is 265 g/mol. The lowest BCUT2D eigenvalue weighted by molar-refractivity contribution is -0.125. The number of primary amides is 1. The molecule has 0 saturated carbocycles. The normalized spacial score (nSPS) is 23.3. The van der Waals surface area contributed by atoms with Crippen LogP contribution in [0.4, 0.5) is 11.5 Å². The molecule has 0 bridgehead atoms. The molecule has 1 atom stereocenters. The highest BCUT2D eigenvalue weighted by molar-refractivity contribution is 5.82. The molecule has 6 nitrogen and oxygen atoms in total. The fourth-order valence-electron chi connectivity index (χ4n) is 2.57. The van der Waals surface area contributed by atoms with Gasteiger partial charge in [-0.3, -0.25) is 4.79 Å². The van der Waals surface area contributed by atoms with E-state index in [9.17, 15) is 4.79 Å². The van der Waals surface area contributed by atoms with E-state index < -0.39 is 5.41 Å². The highest BCUT2D eigenvalue weighted by Gasteiger charge is 2.40. The number of nitrogens with zero attached hydrogens (tertiary/aromatic N) is 3. The number of carbonyl (C=O) groups is 1. The summed E-state index contributed by atoms with van der Waals surface area (Å²) in [5.41, 5.74) is 12.7. The van der Waals surface area contributed by atoms with Gasteiger partial charge in [0.25, 0.3) is 0 Å². The summed E-state index contributed by atoms with van der Waals surface area (Å²) in [5.74, 6) is 0.665. The van der Waals surface area contributed by atoms with Crippen LogP contribution in [0.25, 0.3) is 0 Å². The number of aromatic nitrogens is 2. The van der Waals surface area contributed by atoms with E-state index in [0.29, 0.717) is 12.2 Å². The minimum atomic E-state index is -0.480. The van der Waals surface area contributed by atoms with E-state index in [-0.39, 0.29) is 11.9 Å². The van der Waals surface area contributed by atoms with Crippen molar-refractivity contribution in [2.45, 2.75) is 40.2 Å². The van der Waals surface area contributed by atoms with Gasteiger partial charge in [0.05, 0.1) is 16.8 Å². The van der Waals surface area contributed by atoms with Gasteiger partial charge in [0, 0.05) is 19.1 Å². The molecule has 0 radical (unpaired) electrons. The van der Waals surface area contributed by atoms with E-state index in [1.54, 1.807) is 0 Å². The maximum absolute atomic E-state index is 11.6. The molecule has 1 aromatic rings. The van der Waals surface area contributed by atoms with Crippen LogP contribution >= 0.6 is 0 Å². The molecule has 1 saturated heterocycles. The summed E-state index contributed by atoms with van der Waals surface area (Å²) in [5, 5.41) is 4.48. The van der Waals surface area contributed by atoms with Crippen LogP contribution in [0.1, 0.15) is 38.9 Å². The Labute approximate surface area is 113 Å². The summed E-state index contributed by atoms with van der Waals surface area (Å²) in [4.78, 5) is 13.7. The molecular formula is C13H23N5O. The second-order valence-corrected chi connectivity index (χ2v) is 5.96. The molecule has 4 N–H and O–H groups in total.